The number of aromatic nitrogens is 2. The van der Waals surface area contributed by atoms with Crippen molar-refractivity contribution < 1.29 is 4.52 Å². The van der Waals surface area contributed by atoms with Crippen molar-refractivity contribution in [3.8, 4) is 0 Å². The summed E-state index contributed by atoms with van der Waals surface area (Å²) >= 11 is 0. The van der Waals surface area contributed by atoms with Gasteiger partial charge in [-0.25, -0.2) is 4.99 Å². The molecular weight excluding hydrogens is 206 g/mol. The largest absolute Gasteiger partial charge is 0.370 e. The van der Waals surface area contributed by atoms with E-state index in [4.69, 9.17) is 10.3 Å². The van der Waals surface area contributed by atoms with Crippen molar-refractivity contribution in [3.63, 3.8) is 0 Å². The van der Waals surface area contributed by atoms with Gasteiger partial charge in [-0.05, 0) is 26.2 Å². The maximum Gasteiger partial charge on any atom is 0.248 e. The second-order valence-electron chi connectivity index (χ2n) is 3.96. The van der Waals surface area contributed by atoms with Gasteiger partial charge in [-0.1, -0.05) is 5.16 Å². The van der Waals surface area contributed by atoms with Crippen LogP contribution in [0.2, 0.25) is 0 Å². The first-order chi connectivity index (χ1) is 7.75. The minimum Gasteiger partial charge on any atom is -0.370 e. The molecule has 2 rings (SSSR count). The number of nitrogens with zero attached hydrogens (tertiary/aromatic N) is 4. The number of nitrogens with two attached hydrogens (primary N) is 1. The molecule has 1 fully saturated rings. The van der Waals surface area contributed by atoms with Gasteiger partial charge >= 0.3 is 0 Å². The molecule has 2 heterocycles. The van der Waals surface area contributed by atoms with E-state index in [1.54, 1.807) is 6.92 Å². The molecule has 0 saturated carbocycles. The molecule has 0 radical (unpaired) electrons. The Balaban J connectivity index is 1.90. The summed E-state index contributed by atoms with van der Waals surface area (Å²) in [5.41, 5.74) is 5.89. The highest BCUT2D eigenvalue weighted by Crippen LogP contribution is 2.08. The number of piperidine rings is 1. The van der Waals surface area contributed by atoms with Gasteiger partial charge in [0.15, 0.2) is 11.8 Å². The number of aryl methyl sites for hydroxylation is 1. The molecule has 1 aromatic rings. The third-order valence-corrected chi connectivity index (χ3v) is 2.63. The molecule has 0 aromatic carbocycles. The first-order valence-corrected chi connectivity index (χ1v) is 5.60. The standard InChI is InChI=1S/C10H17N5O/c1-8-13-9(16-14-8)7-12-10(11)15-5-3-2-4-6-15/h2-7H2,1H3,(H2,11,12). The zero-order valence-electron chi connectivity index (χ0n) is 9.52. The summed E-state index contributed by atoms with van der Waals surface area (Å²) in [6.07, 6.45) is 3.67. The molecule has 1 aromatic heterocycles. The molecule has 2 N–H and O–H groups in total. The highest BCUT2D eigenvalue weighted by atomic mass is 16.5. The van der Waals surface area contributed by atoms with E-state index in [0.29, 0.717) is 24.2 Å². The van der Waals surface area contributed by atoms with E-state index in [-0.39, 0.29) is 0 Å². The van der Waals surface area contributed by atoms with Crippen LogP contribution in [0.25, 0.3) is 0 Å². The van der Waals surface area contributed by atoms with Crippen LogP contribution in [0.15, 0.2) is 9.52 Å². The van der Waals surface area contributed by atoms with E-state index in [0.717, 1.165) is 13.1 Å². The fraction of sp³-hybridized carbons (Fsp3) is 0.700. The fourth-order valence-corrected chi connectivity index (χ4v) is 1.78. The van der Waals surface area contributed by atoms with Crippen LogP contribution in [-0.2, 0) is 6.54 Å². The van der Waals surface area contributed by atoms with E-state index in [2.05, 4.69) is 20.0 Å². The molecule has 1 aliphatic rings. The van der Waals surface area contributed by atoms with Crippen molar-refractivity contribution in [1.82, 2.24) is 15.0 Å². The van der Waals surface area contributed by atoms with Crippen LogP contribution in [0.4, 0.5) is 0 Å². The summed E-state index contributed by atoms with van der Waals surface area (Å²) in [7, 11) is 0. The lowest BCUT2D eigenvalue weighted by Gasteiger charge is -2.27. The Labute approximate surface area is 94.5 Å². The average molecular weight is 223 g/mol. The summed E-state index contributed by atoms with van der Waals surface area (Å²) in [6, 6.07) is 0. The lowest BCUT2D eigenvalue weighted by molar-refractivity contribution is 0.336. The van der Waals surface area contributed by atoms with Gasteiger partial charge < -0.3 is 15.2 Å². The van der Waals surface area contributed by atoms with Crippen molar-refractivity contribution in [2.24, 2.45) is 10.7 Å². The highest BCUT2D eigenvalue weighted by Gasteiger charge is 2.12. The van der Waals surface area contributed by atoms with E-state index in [9.17, 15) is 0 Å². The zero-order valence-corrected chi connectivity index (χ0v) is 9.52. The number of hydrogen-bond donors (Lipinski definition) is 1. The van der Waals surface area contributed by atoms with E-state index in [1.165, 1.54) is 19.3 Å². The molecule has 0 bridgehead atoms. The fourth-order valence-electron chi connectivity index (χ4n) is 1.78. The number of rotatable bonds is 2. The maximum atomic E-state index is 5.89. The van der Waals surface area contributed by atoms with Gasteiger partial charge in [0.1, 0.15) is 6.54 Å². The van der Waals surface area contributed by atoms with Crippen molar-refractivity contribution >= 4 is 5.96 Å². The molecule has 16 heavy (non-hydrogen) atoms. The van der Waals surface area contributed by atoms with Crippen LogP contribution >= 0.6 is 0 Å². The predicted molar refractivity (Wildman–Crippen MR) is 59.8 cm³/mol. The Morgan fingerprint density at radius 1 is 1.44 bits per heavy atom. The summed E-state index contributed by atoms with van der Waals surface area (Å²) in [5.74, 6) is 1.72. The van der Waals surface area contributed by atoms with Gasteiger partial charge in [0, 0.05) is 13.1 Å². The lowest BCUT2D eigenvalue weighted by Crippen LogP contribution is -2.40. The molecule has 6 heteroatoms. The molecule has 0 aliphatic carbocycles. The van der Waals surface area contributed by atoms with Crippen molar-refractivity contribution in [2.75, 3.05) is 13.1 Å². The molecular formula is C10H17N5O. The first-order valence-electron chi connectivity index (χ1n) is 5.60. The van der Waals surface area contributed by atoms with E-state index >= 15 is 0 Å². The Morgan fingerprint density at radius 3 is 2.81 bits per heavy atom. The van der Waals surface area contributed by atoms with Crippen LogP contribution in [0, 0.1) is 6.92 Å². The topological polar surface area (TPSA) is 80.5 Å². The zero-order chi connectivity index (χ0) is 11.4. The molecule has 0 spiro atoms. The van der Waals surface area contributed by atoms with Crippen LogP contribution in [0.1, 0.15) is 31.0 Å². The van der Waals surface area contributed by atoms with Crippen molar-refractivity contribution in [2.45, 2.75) is 32.7 Å². The van der Waals surface area contributed by atoms with Gasteiger partial charge in [0.25, 0.3) is 0 Å². The SMILES string of the molecule is Cc1noc(CN=C(N)N2CCCCC2)n1. The van der Waals surface area contributed by atoms with Gasteiger partial charge in [-0.3, -0.25) is 0 Å². The smallest absolute Gasteiger partial charge is 0.248 e. The molecule has 0 atom stereocenters. The summed E-state index contributed by atoms with van der Waals surface area (Å²) < 4.78 is 4.96. The third kappa shape index (κ3) is 2.71. The summed E-state index contributed by atoms with van der Waals surface area (Å²) in [5, 5.41) is 3.70. The average Bonchev–Trinajstić information content (AvgIpc) is 2.73. The van der Waals surface area contributed by atoms with Crippen LogP contribution in [0.5, 0.6) is 0 Å². The second-order valence-corrected chi connectivity index (χ2v) is 3.96. The van der Waals surface area contributed by atoms with Gasteiger partial charge in [-0.2, -0.15) is 4.98 Å². The molecule has 6 nitrogen and oxygen atoms in total. The Bertz CT molecular complexity index is 367. The number of guanidine groups is 1. The van der Waals surface area contributed by atoms with Crippen molar-refractivity contribution in [3.05, 3.63) is 11.7 Å². The Morgan fingerprint density at radius 2 is 2.19 bits per heavy atom. The second kappa shape index (κ2) is 4.96. The van der Waals surface area contributed by atoms with E-state index in [1.807, 2.05) is 0 Å². The molecule has 1 aliphatic heterocycles. The predicted octanol–water partition coefficient (Wildman–Crippen LogP) is 0.679. The van der Waals surface area contributed by atoms with Gasteiger partial charge in [0.05, 0.1) is 0 Å². The van der Waals surface area contributed by atoms with Crippen LogP contribution in [0.3, 0.4) is 0 Å². The number of likely N-dealkylation sites (tertiary alicyclic amines) is 1. The summed E-state index contributed by atoms with van der Waals surface area (Å²) in [6.45, 7) is 4.14. The Kier molecular flexibility index (Phi) is 3.38. The molecule has 0 amide bonds. The monoisotopic (exact) mass is 223 g/mol. The summed E-state index contributed by atoms with van der Waals surface area (Å²) in [4.78, 5) is 10.4. The molecule has 0 unspecified atom stereocenters. The van der Waals surface area contributed by atoms with Gasteiger partial charge in [0.2, 0.25) is 5.89 Å². The van der Waals surface area contributed by atoms with Crippen molar-refractivity contribution in [1.29, 1.82) is 0 Å². The number of hydrogen-bond acceptors (Lipinski definition) is 4. The van der Waals surface area contributed by atoms with Crippen LogP contribution in [-0.4, -0.2) is 34.1 Å². The van der Waals surface area contributed by atoms with Gasteiger partial charge in [-0.15, -0.1) is 0 Å². The quantitative estimate of drug-likeness (QED) is 0.589. The maximum absolute atomic E-state index is 5.89. The lowest BCUT2D eigenvalue weighted by atomic mass is 10.1. The van der Waals surface area contributed by atoms with E-state index < -0.39 is 0 Å². The molecule has 88 valence electrons. The Hall–Kier alpha value is -1.59. The minimum atomic E-state index is 0.364. The number of aliphatic imine (C=N–C) groups is 1. The normalized spacial score (nSPS) is 17.8. The highest BCUT2D eigenvalue weighted by molar-refractivity contribution is 5.78. The van der Waals surface area contributed by atoms with Crippen LogP contribution < -0.4 is 5.73 Å². The molecule has 1 saturated heterocycles. The third-order valence-electron chi connectivity index (χ3n) is 2.63. The minimum absolute atomic E-state index is 0.364. The first kappa shape index (κ1) is 10.9.